The van der Waals surface area contributed by atoms with Crippen molar-refractivity contribution in [1.82, 2.24) is 0 Å². The van der Waals surface area contributed by atoms with E-state index in [1.165, 1.54) is 6.92 Å². The molecule has 7 fully saturated rings. The molecule has 14 heteroatoms. The van der Waals surface area contributed by atoms with E-state index in [0.717, 1.165) is 32.1 Å². The molecule has 0 radical (unpaired) electrons. The topological polar surface area (TPSA) is 214 Å². The number of esters is 1. The molecule has 0 aromatic heterocycles. The first-order chi connectivity index (χ1) is 25.9. The number of hydrogen-bond donors (Lipinski definition) is 7. The Morgan fingerprint density at radius 2 is 1.30 bits per heavy atom. The van der Waals surface area contributed by atoms with Crippen molar-refractivity contribution < 1.29 is 69.0 Å². The van der Waals surface area contributed by atoms with Crippen molar-refractivity contribution in [3.63, 3.8) is 0 Å². The van der Waals surface area contributed by atoms with Gasteiger partial charge in [0.15, 0.2) is 12.6 Å². The molecule has 322 valence electrons. The first-order valence-corrected chi connectivity index (χ1v) is 21.1. The van der Waals surface area contributed by atoms with E-state index in [0.29, 0.717) is 19.3 Å². The molecule has 0 spiro atoms. The second-order valence-corrected chi connectivity index (χ2v) is 20.9. The van der Waals surface area contributed by atoms with Gasteiger partial charge in [-0.1, -0.05) is 34.6 Å². The fourth-order valence-electron chi connectivity index (χ4n) is 14.1. The van der Waals surface area contributed by atoms with Gasteiger partial charge < -0.3 is 64.2 Å². The molecule has 3 saturated heterocycles. The summed E-state index contributed by atoms with van der Waals surface area (Å²) in [6.07, 6.45) is -7.08. The average Bonchev–Trinajstić information content (AvgIpc) is 3.49. The summed E-state index contributed by atoms with van der Waals surface area (Å²) in [5.74, 6) is -0.0193. The number of carbonyl (C=O) groups excluding carboxylic acids is 1. The number of aliphatic hydroxyl groups is 7. The maximum absolute atomic E-state index is 12.4. The normalized spacial score (nSPS) is 55.4. The largest absolute Gasteiger partial charge is 0.460 e. The standard InChI is InChI=1S/C42H70O14/c1-20(43)53-25-17-42(9,56-38(4,5)34(25)50)21-10-14-41(8)29(21)22(44)16-27-39(6)13-12-28(37(2,3)26(39)11-15-40(27,41)7)54-36-33(31(48)24(46)19-52-36)55-35-32(49)30(47)23(45)18-51-35/h21-36,44-50H,10-19H2,1-9H3/t21-,22+,23+,24+,25-,26+,27+,28-,29-,30-,31-,32+,33+,34+,35-,36-,39-,40+,41+,42-/m0/s1. The van der Waals surface area contributed by atoms with Gasteiger partial charge in [0.1, 0.15) is 48.8 Å². The quantitative estimate of drug-likeness (QED) is 0.152. The van der Waals surface area contributed by atoms with Gasteiger partial charge in [0.2, 0.25) is 0 Å². The van der Waals surface area contributed by atoms with Gasteiger partial charge in [0, 0.05) is 13.3 Å². The highest BCUT2D eigenvalue weighted by atomic mass is 16.7. The molecule has 20 atom stereocenters. The number of carbonyl (C=O) groups is 1. The van der Waals surface area contributed by atoms with Crippen molar-refractivity contribution >= 4 is 5.97 Å². The van der Waals surface area contributed by atoms with Gasteiger partial charge in [0.25, 0.3) is 0 Å². The third-order valence-corrected chi connectivity index (χ3v) is 17.1. The summed E-state index contributed by atoms with van der Waals surface area (Å²) in [6, 6.07) is 0. The molecule has 0 unspecified atom stereocenters. The molecule has 0 bridgehead atoms. The summed E-state index contributed by atoms with van der Waals surface area (Å²) in [6.45, 7) is 18.4. The van der Waals surface area contributed by atoms with Crippen LogP contribution in [0.4, 0.5) is 0 Å². The van der Waals surface area contributed by atoms with Crippen LogP contribution in [-0.2, 0) is 33.2 Å². The molecule has 7 aliphatic rings. The van der Waals surface area contributed by atoms with E-state index in [1.807, 2.05) is 13.8 Å². The van der Waals surface area contributed by atoms with Crippen LogP contribution in [0.1, 0.15) is 114 Å². The van der Waals surface area contributed by atoms with E-state index in [1.54, 1.807) is 0 Å². The van der Waals surface area contributed by atoms with E-state index in [4.69, 9.17) is 28.4 Å². The number of hydrogen-bond acceptors (Lipinski definition) is 14. The molecule has 56 heavy (non-hydrogen) atoms. The maximum atomic E-state index is 12.4. The minimum atomic E-state index is -1.59. The highest BCUT2D eigenvalue weighted by molar-refractivity contribution is 5.66. The van der Waals surface area contributed by atoms with E-state index < -0.39 is 84.7 Å². The molecular formula is C42H70O14. The van der Waals surface area contributed by atoms with Gasteiger partial charge in [-0.25, -0.2) is 0 Å². The molecule has 0 amide bonds. The molecular weight excluding hydrogens is 728 g/mol. The van der Waals surface area contributed by atoms with E-state index >= 15 is 0 Å². The molecule has 3 aliphatic heterocycles. The smallest absolute Gasteiger partial charge is 0.302 e. The zero-order valence-corrected chi connectivity index (χ0v) is 34.8. The van der Waals surface area contributed by atoms with Gasteiger partial charge in [-0.3, -0.25) is 4.79 Å². The first-order valence-electron chi connectivity index (χ1n) is 21.1. The summed E-state index contributed by atoms with van der Waals surface area (Å²) in [7, 11) is 0. The summed E-state index contributed by atoms with van der Waals surface area (Å²) < 4.78 is 36.6. The highest BCUT2D eigenvalue weighted by Gasteiger charge is 2.72. The van der Waals surface area contributed by atoms with Crippen LogP contribution in [0.5, 0.6) is 0 Å². The Morgan fingerprint density at radius 3 is 1.96 bits per heavy atom. The van der Waals surface area contributed by atoms with Crippen molar-refractivity contribution in [1.29, 1.82) is 0 Å². The SMILES string of the molecule is CC(=O)O[C@H]1C[C@@](C)([C@H]2CC[C@]3(C)[C@@H]2[C@H](O)C[C@@H]2[C@@]4(C)CC[C@H](O[C@@H]5OC[C@@H](O)[C@H](O)[C@H]5O[C@@H]5OC[C@@H](O)[C@H](O)[C@H]5O)C(C)(C)[C@H]4CC[C@]23C)OC(C)(C)[C@@H]1O. The Bertz CT molecular complexity index is 1460. The number of rotatable bonds is 6. The number of aliphatic hydroxyl groups excluding tert-OH is 7. The zero-order valence-electron chi connectivity index (χ0n) is 34.8. The molecule has 3 heterocycles. The summed E-state index contributed by atoms with van der Waals surface area (Å²) in [5, 5.41) is 75.9. The Hall–Kier alpha value is -1.01. The molecule has 7 N–H and O–H groups in total. The monoisotopic (exact) mass is 798 g/mol. The van der Waals surface area contributed by atoms with Gasteiger partial charge >= 0.3 is 5.97 Å². The predicted octanol–water partition coefficient (Wildman–Crippen LogP) is 2.18. The Morgan fingerprint density at radius 1 is 0.679 bits per heavy atom. The van der Waals surface area contributed by atoms with E-state index in [2.05, 4.69) is 41.5 Å². The lowest BCUT2D eigenvalue weighted by atomic mass is 9.35. The zero-order chi connectivity index (χ0) is 41.1. The van der Waals surface area contributed by atoms with Crippen molar-refractivity contribution in [3.05, 3.63) is 0 Å². The van der Waals surface area contributed by atoms with Crippen LogP contribution in [0.2, 0.25) is 0 Å². The van der Waals surface area contributed by atoms with E-state index in [9.17, 15) is 40.5 Å². The maximum Gasteiger partial charge on any atom is 0.302 e. The average molecular weight is 799 g/mol. The van der Waals surface area contributed by atoms with Crippen molar-refractivity contribution in [2.24, 2.45) is 45.3 Å². The van der Waals surface area contributed by atoms with Crippen LogP contribution in [-0.4, -0.2) is 140 Å². The van der Waals surface area contributed by atoms with Gasteiger partial charge in [-0.05, 0) is 111 Å². The van der Waals surface area contributed by atoms with Gasteiger partial charge in [-0.15, -0.1) is 0 Å². The molecule has 14 nitrogen and oxygen atoms in total. The molecule has 0 aromatic carbocycles. The summed E-state index contributed by atoms with van der Waals surface area (Å²) in [5.41, 5.74) is -2.44. The van der Waals surface area contributed by atoms with Crippen LogP contribution in [0.15, 0.2) is 0 Å². The van der Waals surface area contributed by atoms with Crippen LogP contribution < -0.4 is 0 Å². The molecule has 4 saturated carbocycles. The Labute approximate surface area is 331 Å². The van der Waals surface area contributed by atoms with Crippen molar-refractivity contribution in [2.45, 2.75) is 199 Å². The minimum absolute atomic E-state index is 0.00388. The Kier molecular flexibility index (Phi) is 11.2. The van der Waals surface area contributed by atoms with Crippen LogP contribution in [0.3, 0.4) is 0 Å². The van der Waals surface area contributed by atoms with Crippen LogP contribution in [0.25, 0.3) is 0 Å². The number of fused-ring (bicyclic) bond motifs is 5. The molecule has 0 aromatic rings. The third-order valence-electron chi connectivity index (χ3n) is 17.1. The second-order valence-electron chi connectivity index (χ2n) is 20.9. The lowest BCUT2D eigenvalue weighted by Crippen LogP contribution is -2.68. The van der Waals surface area contributed by atoms with Crippen LogP contribution >= 0.6 is 0 Å². The lowest BCUT2D eigenvalue weighted by Gasteiger charge is -2.71. The van der Waals surface area contributed by atoms with Gasteiger partial charge in [0.05, 0.1) is 36.6 Å². The fourth-order valence-corrected chi connectivity index (χ4v) is 14.1. The minimum Gasteiger partial charge on any atom is -0.460 e. The number of ether oxygens (including phenoxy) is 6. The summed E-state index contributed by atoms with van der Waals surface area (Å²) in [4.78, 5) is 12.1. The van der Waals surface area contributed by atoms with E-state index in [-0.39, 0.29) is 64.6 Å². The van der Waals surface area contributed by atoms with Crippen molar-refractivity contribution in [2.75, 3.05) is 13.2 Å². The second kappa shape index (κ2) is 14.6. The fraction of sp³-hybridized carbons (Fsp3) is 0.976. The van der Waals surface area contributed by atoms with Crippen molar-refractivity contribution in [3.8, 4) is 0 Å². The first kappa shape index (κ1) is 43.1. The summed E-state index contributed by atoms with van der Waals surface area (Å²) >= 11 is 0. The molecule has 7 rings (SSSR count). The lowest BCUT2D eigenvalue weighted by molar-refractivity contribution is -0.357. The van der Waals surface area contributed by atoms with Gasteiger partial charge in [-0.2, -0.15) is 0 Å². The molecule has 4 aliphatic carbocycles. The highest BCUT2D eigenvalue weighted by Crippen LogP contribution is 2.76. The third kappa shape index (κ3) is 6.63. The predicted molar refractivity (Wildman–Crippen MR) is 199 cm³/mol. The Balaban J connectivity index is 1.11. The van der Waals surface area contributed by atoms with Crippen LogP contribution in [0, 0.1) is 45.3 Å².